The molecule has 1 fully saturated rings. The summed E-state index contributed by atoms with van der Waals surface area (Å²) in [6.07, 6.45) is 6.27. The van der Waals surface area contributed by atoms with E-state index in [0.29, 0.717) is 12.0 Å². The van der Waals surface area contributed by atoms with Crippen molar-refractivity contribution < 1.29 is 23.9 Å². The van der Waals surface area contributed by atoms with Gasteiger partial charge in [-0.25, -0.2) is 4.79 Å². The number of alkyl carbamates (subject to hydrolysis) is 1. The van der Waals surface area contributed by atoms with Crippen molar-refractivity contribution in [1.29, 1.82) is 0 Å². The molecule has 4 amide bonds. The summed E-state index contributed by atoms with van der Waals surface area (Å²) in [6.45, 7) is 11.4. The zero-order valence-corrected chi connectivity index (χ0v) is 24.6. The average molecular weight is 545 g/mol. The number of benzene rings is 1. The summed E-state index contributed by atoms with van der Waals surface area (Å²) >= 11 is 0. The lowest BCUT2D eigenvalue weighted by molar-refractivity contribution is -0.143. The first-order chi connectivity index (χ1) is 18.3. The number of nitrogens with zero attached hydrogens (tertiary/aromatic N) is 1. The van der Waals surface area contributed by atoms with Crippen LogP contribution in [0.4, 0.5) is 4.79 Å². The van der Waals surface area contributed by atoms with Crippen LogP contribution in [0, 0.1) is 13.8 Å². The Morgan fingerprint density at radius 3 is 2.31 bits per heavy atom. The molecule has 1 aliphatic rings. The van der Waals surface area contributed by atoms with Crippen LogP contribution < -0.4 is 16.4 Å². The predicted octanol–water partition coefficient (Wildman–Crippen LogP) is 4.58. The quantitative estimate of drug-likeness (QED) is 0.332. The number of rotatable bonds is 12. The highest BCUT2D eigenvalue weighted by Gasteiger charge is 2.38. The Balaban J connectivity index is 2.51. The molecule has 0 heterocycles. The van der Waals surface area contributed by atoms with Crippen LogP contribution in [0.2, 0.25) is 0 Å². The van der Waals surface area contributed by atoms with Crippen LogP contribution in [0.3, 0.4) is 0 Å². The van der Waals surface area contributed by atoms with Crippen LogP contribution in [0.25, 0.3) is 0 Å². The zero-order chi connectivity index (χ0) is 29.2. The Hall–Kier alpha value is -3.10. The first-order valence-electron chi connectivity index (χ1n) is 14.3. The standard InChI is InChI=1S/C30H48N4O5/c1-7-8-12-17-34(28(37)24(19-25(31)35)33-29(38)39-30(4,5)6)26(23-16-15-20(2)18-21(23)3)27(36)32-22-13-10-9-11-14-22/h15-16,18,22,24,26H,7-14,17,19H2,1-6H3,(H2,31,35)(H,32,36)(H,33,38). The molecule has 0 saturated heterocycles. The van der Waals surface area contributed by atoms with Crippen LogP contribution >= 0.6 is 0 Å². The van der Waals surface area contributed by atoms with Gasteiger partial charge in [0.2, 0.25) is 17.7 Å². The fraction of sp³-hybridized carbons (Fsp3) is 0.667. The molecule has 0 aliphatic heterocycles. The van der Waals surface area contributed by atoms with Gasteiger partial charge in [0, 0.05) is 12.6 Å². The maximum atomic E-state index is 14.1. The second-order valence-electron chi connectivity index (χ2n) is 11.7. The number of unbranched alkanes of at least 4 members (excludes halogenated alkanes) is 2. The van der Waals surface area contributed by atoms with Crippen molar-refractivity contribution in [2.24, 2.45) is 5.73 Å². The fourth-order valence-electron chi connectivity index (χ4n) is 5.06. The van der Waals surface area contributed by atoms with Crippen molar-refractivity contribution in [3.8, 4) is 0 Å². The summed E-state index contributed by atoms with van der Waals surface area (Å²) in [6, 6.07) is 3.67. The van der Waals surface area contributed by atoms with Gasteiger partial charge in [-0.15, -0.1) is 0 Å². The largest absolute Gasteiger partial charge is 0.444 e. The Morgan fingerprint density at radius 2 is 1.74 bits per heavy atom. The number of hydrogen-bond acceptors (Lipinski definition) is 5. The second-order valence-corrected chi connectivity index (χ2v) is 11.7. The molecule has 1 aromatic carbocycles. The second kappa shape index (κ2) is 14.9. The molecule has 1 aromatic rings. The summed E-state index contributed by atoms with van der Waals surface area (Å²) in [5.74, 6) is -1.54. The lowest BCUT2D eigenvalue weighted by Gasteiger charge is -2.36. The molecule has 1 saturated carbocycles. The van der Waals surface area contributed by atoms with Crippen molar-refractivity contribution in [3.05, 3.63) is 34.9 Å². The first kappa shape index (κ1) is 32.1. The van der Waals surface area contributed by atoms with Gasteiger partial charge in [0.25, 0.3) is 0 Å². The fourth-order valence-corrected chi connectivity index (χ4v) is 5.06. The maximum Gasteiger partial charge on any atom is 0.408 e. The molecule has 39 heavy (non-hydrogen) atoms. The van der Waals surface area contributed by atoms with E-state index >= 15 is 0 Å². The summed E-state index contributed by atoms with van der Waals surface area (Å²) in [7, 11) is 0. The summed E-state index contributed by atoms with van der Waals surface area (Å²) in [5.41, 5.74) is 7.34. The van der Waals surface area contributed by atoms with E-state index in [-0.39, 0.29) is 18.5 Å². The Kier molecular flexibility index (Phi) is 12.3. The number of carbonyl (C=O) groups excluding carboxylic acids is 4. The molecule has 218 valence electrons. The van der Waals surface area contributed by atoms with Gasteiger partial charge in [-0.2, -0.15) is 0 Å². The van der Waals surface area contributed by atoms with E-state index in [1.807, 2.05) is 32.0 Å². The van der Waals surface area contributed by atoms with E-state index < -0.39 is 42.0 Å². The molecular formula is C30H48N4O5. The number of nitrogens with one attached hydrogen (secondary N) is 2. The third kappa shape index (κ3) is 10.5. The molecule has 0 radical (unpaired) electrons. The van der Waals surface area contributed by atoms with Gasteiger partial charge in [-0.05, 0) is 65.0 Å². The summed E-state index contributed by atoms with van der Waals surface area (Å²) in [4.78, 5) is 54.2. The van der Waals surface area contributed by atoms with Crippen LogP contribution in [0.5, 0.6) is 0 Å². The van der Waals surface area contributed by atoms with Gasteiger partial charge >= 0.3 is 6.09 Å². The molecule has 0 spiro atoms. The van der Waals surface area contributed by atoms with Gasteiger partial charge < -0.3 is 26.0 Å². The smallest absolute Gasteiger partial charge is 0.408 e. The molecule has 0 aromatic heterocycles. The van der Waals surface area contributed by atoms with Gasteiger partial charge in [0.05, 0.1) is 6.42 Å². The van der Waals surface area contributed by atoms with Gasteiger partial charge in [0.15, 0.2) is 0 Å². The number of primary amides is 1. The highest BCUT2D eigenvalue weighted by Crippen LogP contribution is 2.28. The minimum atomic E-state index is -1.27. The van der Waals surface area contributed by atoms with Gasteiger partial charge in [-0.3, -0.25) is 14.4 Å². The molecule has 0 bridgehead atoms. The topological polar surface area (TPSA) is 131 Å². The zero-order valence-electron chi connectivity index (χ0n) is 24.6. The number of ether oxygens (including phenoxy) is 1. The van der Waals surface area contributed by atoms with Crippen molar-refractivity contribution in [1.82, 2.24) is 15.5 Å². The Morgan fingerprint density at radius 1 is 1.08 bits per heavy atom. The number of nitrogens with two attached hydrogens (primary N) is 1. The third-order valence-electron chi connectivity index (χ3n) is 6.91. The maximum absolute atomic E-state index is 14.1. The molecule has 4 N–H and O–H groups in total. The van der Waals surface area contributed by atoms with E-state index in [9.17, 15) is 19.2 Å². The van der Waals surface area contributed by atoms with Crippen LogP contribution in [0.1, 0.15) is 108 Å². The lowest BCUT2D eigenvalue weighted by atomic mass is 9.93. The number of hydrogen-bond donors (Lipinski definition) is 3. The van der Waals surface area contributed by atoms with Crippen LogP contribution in [0.15, 0.2) is 18.2 Å². The van der Waals surface area contributed by atoms with E-state index in [1.165, 1.54) is 4.90 Å². The normalized spacial score (nSPS) is 15.6. The highest BCUT2D eigenvalue weighted by atomic mass is 16.6. The number of amides is 4. The minimum Gasteiger partial charge on any atom is -0.444 e. The molecule has 2 rings (SSSR count). The average Bonchev–Trinajstić information content (AvgIpc) is 2.83. The van der Waals surface area contributed by atoms with E-state index in [0.717, 1.165) is 56.1 Å². The number of aryl methyl sites for hydroxylation is 2. The monoisotopic (exact) mass is 544 g/mol. The lowest BCUT2D eigenvalue weighted by Crippen LogP contribution is -2.55. The van der Waals surface area contributed by atoms with Crippen molar-refractivity contribution in [2.75, 3.05) is 6.54 Å². The molecule has 9 nitrogen and oxygen atoms in total. The van der Waals surface area contributed by atoms with Crippen LogP contribution in [-0.2, 0) is 19.1 Å². The minimum absolute atomic E-state index is 0.0494. The van der Waals surface area contributed by atoms with Crippen LogP contribution in [-0.4, -0.2) is 52.9 Å². The van der Waals surface area contributed by atoms with E-state index in [4.69, 9.17) is 10.5 Å². The molecule has 2 atom stereocenters. The van der Waals surface area contributed by atoms with Crippen molar-refractivity contribution in [3.63, 3.8) is 0 Å². The summed E-state index contributed by atoms with van der Waals surface area (Å²) < 4.78 is 5.35. The Bertz CT molecular complexity index is 998. The first-order valence-corrected chi connectivity index (χ1v) is 14.3. The molecular weight excluding hydrogens is 496 g/mol. The molecule has 2 unspecified atom stereocenters. The predicted molar refractivity (Wildman–Crippen MR) is 152 cm³/mol. The third-order valence-corrected chi connectivity index (χ3v) is 6.91. The summed E-state index contributed by atoms with van der Waals surface area (Å²) in [5, 5.41) is 5.74. The number of carbonyl (C=O) groups is 4. The van der Waals surface area contributed by atoms with E-state index in [2.05, 4.69) is 17.6 Å². The highest BCUT2D eigenvalue weighted by molar-refractivity contribution is 5.94. The van der Waals surface area contributed by atoms with Gasteiger partial charge in [0.1, 0.15) is 17.7 Å². The molecule has 1 aliphatic carbocycles. The van der Waals surface area contributed by atoms with E-state index in [1.54, 1.807) is 20.8 Å². The van der Waals surface area contributed by atoms with Crippen molar-refractivity contribution >= 4 is 23.8 Å². The SMILES string of the molecule is CCCCCN(C(=O)C(CC(N)=O)NC(=O)OC(C)(C)C)C(C(=O)NC1CCCCC1)c1ccc(C)cc1C. The Labute approximate surface area is 233 Å². The molecule has 9 heteroatoms. The van der Waals surface area contributed by atoms with Crippen molar-refractivity contribution in [2.45, 2.75) is 123 Å². The van der Waals surface area contributed by atoms with Gasteiger partial charge in [-0.1, -0.05) is 62.8 Å².